The predicted octanol–water partition coefficient (Wildman–Crippen LogP) is 2.60. The number of amides is 2. The maximum absolute atomic E-state index is 11.9. The molecule has 2 rings (SSSR count). The Kier molecular flexibility index (Phi) is 4.60. The standard InChI is InChI=1S/C14H22N4O/c1-3-11(2)16-14(19)17-12-7-6-8-15-13(12)18-9-4-5-10-18/h6-8,11H,3-5,9-10H2,1-2H3,(H2,16,17,19). The van der Waals surface area contributed by atoms with Crippen LogP contribution in [0.3, 0.4) is 0 Å². The Morgan fingerprint density at radius 3 is 2.89 bits per heavy atom. The van der Waals surface area contributed by atoms with Crippen LogP contribution in [0.25, 0.3) is 0 Å². The molecule has 104 valence electrons. The van der Waals surface area contributed by atoms with Crippen LogP contribution < -0.4 is 15.5 Å². The number of hydrogen-bond acceptors (Lipinski definition) is 3. The van der Waals surface area contributed by atoms with E-state index in [4.69, 9.17) is 0 Å². The van der Waals surface area contributed by atoms with Gasteiger partial charge in [0, 0.05) is 25.3 Å². The minimum Gasteiger partial charge on any atom is -0.355 e. The van der Waals surface area contributed by atoms with E-state index in [0.717, 1.165) is 31.0 Å². The second-order valence-electron chi connectivity index (χ2n) is 4.98. The molecule has 1 fully saturated rings. The second-order valence-corrected chi connectivity index (χ2v) is 4.98. The molecule has 5 heteroatoms. The van der Waals surface area contributed by atoms with E-state index in [0.29, 0.717) is 0 Å². The van der Waals surface area contributed by atoms with E-state index < -0.39 is 0 Å². The van der Waals surface area contributed by atoms with Gasteiger partial charge in [-0.15, -0.1) is 0 Å². The van der Waals surface area contributed by atoms with Crippen molar-refractivity contribution < 1.29 is 4.79 Å². The highest BCUT2D eigenvalue weighted by atomic mass is 16.2. The van der Waals surface area contributed by atoms with Gasteiger partial charge >= 0.3 is 6.03 Å². The van der Waals surface area contributed by atoms with Crippen LogP contribution >= 0.6 is 0 Å². The molecule has 0 spiro atoms. The van der Waals surface area contributed by atoms with Crippen LogP contribution in [-0.2, 0) is 0 Å². The molecule has 2 heterocycles. The number of nitrogens with one attached hydrogen (secondary N) is 2. The quantitative estimate of drug-likeness (QED) is 0.877. The number of nitrogens with zero attached hydrogens (tertiary/aromatic N) is 2. The molecule has 1 aromatic rings. The molecule has 1 aliphatic heterocycles. The number of urea groups is 1. The maximum atomic E-state index is 11.9. The Morgan fingerprint density at radius 2 is 2.21 bits per heavy atom. The van der Waals surface area contributed by atoms with E-state index in [1.54, 1.807) is 6.20 Å². The lowest BCUT2D eigenvalue weighted by Crippen LogP contribution is -2.36. The lowest BCUT2D eigenvalue weighted by Gasteiger charge is -2.20. The Morgan fingerprint density at radius 1 is 1.47 bits per heavy atom. The molecule has 1 unspecified atom stereocenters. The van der Waals surface area contributed by atoms with Gasteiger partial charge < -0.3 is 15.5 Å². The zero-order valence-electron chi connectivity index (χ0n) is 11.6. The summed E-state index contributed by atoms with van der Waals surface area (Å²) in [5.74, 6) is 0.874. The summed E-state index contributed by atoms with van der Waals surface area (Å²) in [5, 5.41) is 5.80. The highest BCUT2D eigenvalue weighted by molar-refractivity contribution is 5.92. The van der Waals surface area contributed by atoms with Crippen molar-refractivity contribution in [3.8, 4) is 0 Å². The maximum Gasteiger partial charge on any atom is 0.319 e. The molecule has 2 amide bonds. The molecule has 0 aliphatic carbocycles. The van der Waals surface area contributed by atoms with Crippen LogP contribution in [0.1, 0.15) is 33.1 Å². The van der Waals surface area contributed by atoms with Crippen molar-refractivity contribution in [2.24, 2.45) is 0 Å². The van der Waals surface area contributed by atoms with E-state index in [1.165, 1.54) is 12.8 Å². The van der Waals surface area contributed by atoms with Gasteiger partial charge in [-0.25, -0.2) is 9.78 Å². The van der Waals surface area contributed by atoms with Crippen LogP contribution in [0.5, 0.6) is 0 Å². The molecule has 19 heavy (non-hydrogen) atoms. The third kappa shape index (κ3) is 3.59. The highest BCUT2D eigenvalue weighted by Gasteiger charge is 2.18. The van der Waals surface area contributed by atoms with Crippen molar-refractivity contribution in [2.75, 3.05) is 23.3 Å². The fraction of sp³-hybridized carbons (Fsp3) is 0.571. The Labute approximate surface area is 114 Å². The Hall–Kier alpha value is -1.78. The van der Waals surface area contributed by atoms with Crippen LogP contribution in [0, 0.1) is 0 Å². The fourth-order valence-corrected chi connectivity index (χ4v) is 2.16. The molecule has 1 aliphatic rings. The summed E-state index contributed by atoms with van der Waals surface area (Å²) in [6.45, 7) is 6.06. The first-order valence-electron chi connectivity index (χ1n) is 6.98. The van der Waals surface area contributed by atoms with E-state index >= 15 is 0 Å². The number of hydrogen-bond donors (Lipinski definition) is 2. The van der Waals surface area contributed by atoms with Crippen LogP contribution in [-0.4, -0.2) is 30.1 Å². The zero-order valence-corrected chi connectivity index (χ0v) is 11.6. The minimum atomic E-state index is -0.164. The minimum absolute atomic E-state index is 0.164. The van der Waals surface area contributed by atoms with Crippen molar-refractivity contribution in [1.29, 1.82) is 0 Å². The van der Waals surface area contributed by atoms with Crippen molar-refractivity contribution in [2.45, 2.75) is 39.2 Å². The van der Waals surface area contributed by atoms with Crippen molar-refractivity contribution in [3.63, 3.8) is 0 Å². The molecular weight excluding hydrogens is 240 g/mol. The lowest BCUT2D eigenvalue weighted by atomic mass is 10.3. The predicted molar refractivity (Wildman–Crippen MR) is 77.6 cm³/mol. The van der Waals surface area contributed by atoms with Gasteiger partial charge in [-0.1, -0.05) is 6.92 Å². The fourth-order valence-electron chi connectivity index (χ4n) is 2.16. The first-order valence-corrected chi connectivity index (χ1v) is 6.98. The molecule has 0 bridgehead atoms. The first kappa shape index (κ1) is 13.6. The summed E-state index contributed by atoms with van der Waals surface area (Å²) < 4.78 is 0. The van der Waals surface area contributed by atoms with Crippen LogP contribution in [0.4, 0.5) is 16.3 Å². The molecule has 1 saturated heterocycles. The topological polar surface area (TPSA) is 57.3 Å². The molecule has 0 aromatic carbocycles. The monoisotopic (exact) mass is 262 g/mol. The summed E-state index contributed by atoms with van der Waals surface area (Å²) in [7, 11) is 0. The Bertz CT molecular complexity index is 429. The summed E-state index contributed by atoms with van der Waals surface area (Å²) in [4.78, 5) is 18.5. The highest BCUT2D eigenvalue weighted by Crippen LogP contribution is 2.25. The molecule has 0 saturated carbocycles. The number of rotatable bonds is 4. The number of anilines is 2. The average Bonchev–Trinajstić information content (AvgIpc) is 2.93. The van der Waals surface area contributed by atoms with Gasteiger partial charge in [0.2, 0.25) is 0 Å². The number of carbonyl (C=O) groups excluding carboxylic acids is 1. The van der Waals surface area contributed by atoms with Gasteiger partial charge in [0.15, 0.2) is 5.82 Å². The molecule has 5 nitrogen and oxygen atoms in total. The largest absolute Gasteiger partial charge is 0.355 e. The number of carbonyl (C=O) groups is 1. The van der Waals surface area contributed by atoms with Crippen LogP contribution in [0.2, 0.25) is 0 Å². The summed E-state index contributed by atoms with van der Waals surface area (Å²) >= 11 is 0. The SMILES string of the molecule is CCC(C)NC(=O)Nc1cccnc1N1CCCC1. The van der Waals surface area contributed by atoms with Crippen LogP contribution in [0.15, 0.2) is 18.3 Å². The van der Waals surface area contributed by atoms with E-state index in [2.05, 4.69) is 20.5 Å². The van der Waals surface area contributed by atoms with Crippen molar-refractivity contribution in [1.82, 2.24) is 10.3 Å². The average molecular weight is 262 g/mol. The third-order valence-electron chi connectivity index (χ3n) is 3.43. The van der Waals surface area contributed by atoms with E-state index in [9.17, 15) is 4.79 Å². The summed E-state index contributed by atoms with van der Waals surface area (Å²) in [6, 6.07) is 3.75. The molecule has 0 radical (unpaired) electrons. The van der Waals surface area contributed by atoms with Gasteiger partial charge in [-0.05, 0) is 38.3 Å². The van der Waals surface area contributed by atoms with Crippen molar-refractivity contribution >= 4 is 17.5 Å². The van der Waals surface area contributed by atoms with Gasteiger partial charge in [0.1, 0.15) is 0 Å². The molecular formula is C14H22N4O. The zero-order chi connectivity index (χ0) is 13.7. The smallest absolute Gasteiger partial charge is 0.319 e. The van der Waals surface area contributed by atoms with Gasteiger partial charge in [0.25, 0.3) is 0 Å². The lowest BCUT2D eigenvalue weighted by molar-refractivity contribution is 0.249. The normalized spacial score (nSPS) is 16.2. The Balaban J connectivity index is 2.05. The van der Waals surface area contributed by atoms with E-state index in [1.807, 2.05) is 26.0 Å². The number of aromatic nitrogens is 1. The number of pyridine rings is 1. The summed E-state index contributed by atoms with van der Waals surface area (Å²) in [5.41, 5.74) is 0.783. The molecule has 1 aromatic heterocycles. The van der Waals surface area contributed by atoms with Crippen molar-refractivity contribution in [3.05, 3.63) is 18.3 Å². The molecule has 1 atom stereocenters. The summed E-state index contributed by atoms with van der Waals surface area (Å²) in [6.07, 6.45) is 5.06. The van der Waals surface area contributed by atoms with Gasteiger partial charge in [-0.3, -0.25) is 0 Å². The first-order chi connectivity index (χ1) is 9.20. The second kappa shape index (κ2) is 6.41. The van der Waals surface area contributed by atoms with Gasteiger partial charge in [-0.2, -0.15) is 0 Å². The van der Waals surface area contributed by atoms with E-state index in [-0.39, 0.29) is 12.1 Å². The third-order valence-corrected chi connectivity index (χ3v) is 3.43. The molecule has 2 N–H and O–H groups in total. The van der Waals surface area contributed by atoms with Gasteiger partial charge in [0.05, 0.1) is 5.69 Å².